The smallest absolute Gasteiger partial charge is 0.350 e. The molecule has 0 bridgehead atoms. The Labute approximate surface area is 185 Å². The summed E-state index contributed by atoms with van der Waals surface area (Å²) in [7, 11) is 1.30. The Morgan fingerprint density at radius 2 is 1.97 bits per heavy atom. The van der Waals surface area contributed by atoms with Crippen LogP contribution in [-0.4, -0.2) is 24.1 Å². The molecule has 5 rings (SSSR count). The van der Waals surface area contributed by atoms with Crippen molar-refractivity contribution in [3.05, 3.63) is 70.7 Å². The fourth-order valence-electron chi connectivity index (χ4n) is 3.40. The number of nitrogens with one attached hydrogen (secondary N) is 1. The number of amides is 2. The van der Waals surface area contributed by atoms with Gasteiger partial charge in [0.1, 0.15) is 21.2 Å². The van der Waals surface area contributed by atoms with E-state index in [0.717, 1.165) is 0 Å². The average molecular weight is 452 g/mol. The molecular weight excluding hydrogens is 438 g/mol. The molecule has 0 saturated heterocycles. The SMILES string of the molecule is COC(=O)c1sc2nccc3c2c1NC(=O)N3c1ccc(Oc2ccccc2)c(Cl)c1. The van der Waals surface area contributed by atoms with Crippen molar-refractivity contribution in [1.82, 2.24) is 4.98 Å². The quantitative estimate of drug-likeness (QED) is 0.373. The monoisotopic (exact) mass is 451 g/mol. The maximum atomic E-state index is 13.0. The lowest BCUT2D eigenvalue weighted by Gasteiger charge is -2.28. The number of thiophene rings is 1. The number of esters is 1. The molecule has 0 aliphatic carbocycles. The Morgan fingerprint density at radius 1 is 1.16 bits per heavy atom. The topological polar surface area (TPSA) is 80.8 Å². The lowest BCUT2D eigenvalue weighted by Crippen LogP contribution is -2.34. The molecule has 2 aromatic carbocycles. The first kappa shape index (κ1) is 19.3. The van der Waals surface area contributed by atoms with Gasteiger partial charge in [-0.15, -0.1) is 11.3 Å². The molecule has 0 unspecified atom stereocenters. The van der Waals surface area contributed by atoms with Crippen molar-refractivity contribution in [1.29, 1.82) is 0 Å². The number of para-hydroxylation sites is 1. The van der Waals surface area contributed by atoms with Crippen LogP contribution in [0.4, 0.5) is 21.9 Å². The van der Waals surface area contributed by atoms with Crippen molar-refractivity contribution >= 4 is 62.2 Å². The first-order chi connectivity index (χ1) is 15.1. The number of methoxy groups -OCH3 is 1. The standard InChI is InChI=1S/C22H14ClN3O4S/c1-29-21(27)19-18-17-15(9-10-24-20(17)31-19)26(22(28)25-18)12-7-8-16(14(23)11-12)30-13-5-3-2-4-6-13/h2-11H,1H3,(H,25,28). The molecule has 0 fully saturated rings. The summed E-state index contributed by atoms with van der Waals surface area (Å²) in [5.41, 5.74) is 1.56. The maximum Gasteiger partial charge on any atom is 0.350 e. The molecule has 154 valence electrons. The van der Waals surface area contributed by atoms with Crippen LogP contribution in [0.1, 0.15) is 9.67 Å². The summed E-state index contributed by atoms with van der Waals surface area (Å²) in [6.07, 6.45) is 1.60. The molecule has 3 heterocycles. The highest BCUT2D eigenvalue weighted by Gasteiger charge is 2.33. The molecule has 0 atom stereocenters. The van der Waals surface area contributed by atoms with Crippen molar-refractivity contribution in [2.75, 3.05) is 17.3 Å². The molecule has 1 N–H and O–H groups in total. The predicted octanol–water partition coefficient (Wildman–Crippen LogP) is 6.21. The van der Waals surface area contributed by atoms with E-state index in [0.29, 0.717) is 48.7 Å². The van der Waals surface area contributed by atoms with Crippen LogP contribution < -0.4 is 15.0 Å². The van der Waals surface area contributed by atoms with Crippen LogP contribution in [0.5, 0.6) is 11.5 Å². The number of hydrogen-bond acceptors (Lipinski definition) is 6. The Bertz CT molecular complexity index is 1340. The van der Waals surface area contributed by atoms with Gasteiger partial charge in [0.2, 0.25) is 0 Å². The van der Waals surface area contributed by atoms with E-state index in [9.17, 15) is 9.59 Å². The summed E-state index contributed by atoms with van der Waals surface area (Å²) in [5, 5.41) is 3.82. The molecule has 1 aliphatic rings. The third-order valence-electron chi connectivity index (χ3n) is 4.76. The van der Waals surface area contributed by atoms with Gasteiger partial charge in [0.05, 0.1) is 34.6 Å². The molecule has 31 heavy (non-hydrogen) atoms. The van der Waals surface area contributed by atoms with Crippen LogP contribution in [0.15, 0.2) is 60.8 Å². The number of anilines is 3. The Morgan fingerprint density at radius 3 is 2.71 bits per heavy atom. The highest BCUT2D eigenvalue weighted by Crippen LogP contribution is 2.46. The van der Waals surface area contributed by atoms with Gasteiger partial charge < -0.3 is 14.8 Å². The Hall–Kier alpha value is -3.62. The summed E-state index contributed by atoms with van der Waals surface area (Å²) < 4.78 is 10.7. The molecule has 4 aromatic rings. The molecule has 7 nitrogen and oxygen atoms in total. The number of rotatable bonds is 4. The summed E-state index contributed by atoms with van der Waals surface area (Å²) in [5.74, 6) is 0.600. The van der Waals surface area contributed by atoms with E-state index in [1.54, 1.807) is 30.5 Å². The molecule has 9 heteroatoms. The largest absolute Gasteiger partial charge is 0.465 e. The van der Waals surface area contributed by atoms with Crippen molar-refractivity contribution in [2.24, 2.45) is 0 Å². The van der Waals surface area contributed by atoms with Gasteiger partial charge in [0, 0.05) is 6.20 Å². The van der Waals surface area contributed by atoms with E-state index in [1.807, 2.05) is 30.3 Å². The normalized spacial score (nSPS) is 12.6. The highest BCUT2D eigenvalue weighted by molar-refractivity contribution is 7.21. The second kappa shape index (κ2) is 7.57. The van der Waals surface area contributed by atoms with E-state index in [1.165, 1.54) is 23.3 Å². The maximum absolute atomic E-state index is 13.0. The van der Waals surface area contributed by atoms with Crippen LogP contribution in [-0.2, 0) is 4.74 Å². The molecular formula is C22H14ClN3O4S. The number of benzene rings is 2. The molecule has 0 radical (unpaired) electrons. The summed E-state index contributed by atoms with van der Waals surface area (Å²) in [6.45, 7) is 0. The number of pyridine rings is 1. The Kier molecular flexibility index (Phi) is 4.72. The number of hydrogen-bond donors (Lipinski definition) is 1. The fourth-order valence-corrected chi connectivity index (χ4v) is 4.66. The first-order valence-electron chi connectivity index (χ1n) is 9.20. The number of ether oxygens (including phenoxy) is 2. The number of halogens is 1. The van der Waals surface area contributed by atoms with Crippen molar-refractivity contribution in [3.8, 4) is 11.5 Å². The van der Waals surface area contributed by atoms with Gasteiger partial charge in [-0.1, -0.05) is 29.8 Å². The second-order valence-electron chi connectivity index (χ2n) is 6.60. The zero-order chi connectivity index (χ0) is 21.5. The van der Waals surface area contributed by atoms with Crippen LogP contribution >= 0.6 is 22.9 Å². The molecule has 0 spiro atoms. The number of nitrogens with zero attached hydrogens (tertiary/aromatic N) is 2. The summed E-state index contributed by atoms with van der Waals surface area (Å²) >= 11 is 7.63. The number of urea groups is 1. The predicted molar refractivity (Wildman–Crippen MR) is 120 cm³/mol. The fraction of sp³-hybridized carbons (Fsp3) is 0.0455. The number of aromatic nitrogens is 1. The zero-order valence-electron chi connectivity index (χ0n) is 16.1. The molecule has 1 aliphatic heterocycles. The lowest BCUT2D eigenvalue weighted by atomic mass is 10.1. The average Bonchev–Trinajstić information content (AvgIpc) is 3.15. The summed E-state index contributed by atoms with van der Waals surface area (Å²) in [4.78, 5) is 31.9. The van der Waals surface area contributed by atoms with Gasteiger partial charge >= 0.3 is 12.0 Å². The van der Waals surface area contributed by atoms with E-state index < -0.39 is 12.0 Å². The van der Waals surface area contributed by atoms with Crippen LogP contribution in [0.25, 0.3) is 10.2 Å². The minimum atomic E-state index is -0.525. The zero-order valence-corrected chi connectivity index (χ0v) is 17.7. The highest BCUT2D eigenvalue weighted by atomic mass is 35.5. The van der Waals surface area contributed by atoms with E-state index in [2.05, 4.69) is 10.3 Å². The van der Waals surface area contributed by atoms with Crippen molar-refractivity contribution in [3.63, 3.8) is 0 Å². The van der Waals surface area contributed by atoms with Crippen LogP contribution in [0.2, 0.25) is 5.02 Å². The Balaban J connectivity index is 1.57. The van der Waals surface area contributed by atoms with Gasteiger partial charge in [-0.05, 0) is 36.4 Å². The minimum Gasteiger partial charge on any atom is -0.465 e. The van der Waals surface area contributed by atoms with Gasteiger partial charge in [-0.25, -0.2) is 14.6 Å². The van der Waals surface area contributed by atoms with Gasteiger partial charge in [0.25, 0.3) is 0 Å². The van der Waals surface area contributed by atoms with E-state index in [4.69, 9.17) is 21.1 Å². The minimum absolute atomic E-state index is 0.301. The van der Waals surface area contributed by atoms with Crippen molar-refractivity contribution in [2.45, 2.75) is 0 Å². The van der Waals surface area contributed by atoms with Gasteiger partial charge in [-0.3, -0.25) is 4.90 Å². The first-order valence-corrected chi connectivity index (χ1v) is 10.4. The third kappa shape index (κ3) is 3.26. The second-order valence-corrected chi connectivity index (χ2v) is 8.01. The third-order valence-corrected chi connectivity index (χ3v) is 6.13. The van der Waals surface area contributed by atoms with E-state index in [-0.39, 0.29) is 0 Å². The van der Waals surface area contributed by atoms with E-state index >= 15 is 0 Å². The molecule has 2 aromatic heterocycles. The number of carbonyl (C=O) groups excluding carboxylic acids is 2. The molecule has 0 saturated carbocycles. The lowest BCUT2D eigenvalue weighted by molar-refractivity contribution is 0.0607. The van der Waals surface area contributed by atoms with Gasteiger partial charge in [-0.2, -0.15) is 0 Å². The number of carbonyl (C=O) groups is 2. The van der Waals surface area contributed by atoms with Crippen LogP contribution in [0.3, 0.4) is 0 Å². The van der Waals surface area contributed by atoms with Crippen molar-refractivity contribution < 1.29 is 19.1 Å². The van der Waals surface area contributed by atoms with Crippen LogP contribution in [0, 0.1) is 0 Å². The summed E-state index contributed by atoms with van der Waals surface area (Å²) in [6, 6.07) is 15.7. The molecule has 2 amide bonds. The van der Waals surface area contributed by atoms with Gasteiger partial charge in [0.15, 0.2) is 0 Å².